The van der Waals surface area contributed by atoms with Crippen LogP contribution in [0, 0.1) is 50.7 Å². The van der Waals surface area contributed by atoms with Gasteiger partial charge in [-0.05, 0) is 90.3 Å². The molecule has 8 unspecified atom stereocenters. The summed E-state index contributed by atoms with van der Waals surface area (Å²) >= 11 is 0. The molecule has 0 radical (unpaired) electrons. The monoisotopic (exact) mass is 458 g/mol. The third kappa shape index (κ3) is 2.74. The largest absolute Gasteiger partial charge is 0.481 e. The zero-order valence-corrected chi connectivity index (χ0v) is 21.7. The lowest BCUT2D eigenvalue weighted by Gasteiger charge is -2.71. The topological polar surface area (TPSA) is 77.8 Å². The van der Waals surface area contributed by atoms with Gasteiger partial charge in [-0.3, -0.25) is 4.79 Å². The van der Waals surface area contributed by atoms with E-state index in [0.717, 1.165) is 51.4 Å². The number of carbonyl (C=O) groups is 1. The van der Waals surface area contributed by atoms with Gasteiger partial charge in [0.25, 0.3) is 0 Å². The highest BCUT2D eigenvalue weighted by Crippen LogP contribution is 2.75. The summed E-state index contributed by atoms with van der Waals surface area (Å²) in [6, 6.07) is 0. The Morgan fingerprint density at radius 3 is 2.33 bits per heavy atom. The van der Waals surface area contributed by atoms with Crippen LogP contribution >= 0.6 is 0 Å². The molecule has 5 rings (SSSR count). The van der Waals surface area contributed by atoms with Crippen molar-refractivity contribution in [3.63, 3.8) is 0 Å². The van der Waals surface area contributed by atoms with Crippen molar-refractivity contribution in [2.45, 2.75) is 112 Å². The first-order chi connectivity index (χ1) is 15.3. The number of carboxylic acid groups (broad SMARTS) is 1. The summed E-state index contributed by atoms with van der Waals surface area (Å²) < 4.78 is 0. The molecular formula is C29H46O4. The molecule has 10 atom stereocenters. The maximum absolute atomic E-state index is 12.7. The first kappa shape index (κ1) is 23.9. The van der Waals surface area contributed by atoms with Gasteiger partial charge in [0.15, 0.2) is 0 Å². The second-order valence-corrected chi connectivity index (χ2v) is 14.1. The van der Waals surface area contributed by atoms with Crippen LogP contribution in [0.3, 0.4) is 0 Å². The first-order valence-corrected chi connectivity index (χ1v) is 13.6. The number of allylic oxidation sites excluding steroid dienone is 2. The smallest absolute Gasteiger partial charge is 0.310 e. The van der Waals surface area contributed by atoms with E-state index in [2.05, 4.69) is 47.6 Å². The Labute approximate surface area is 200 Å². The molecule has 0 bridgehead atoms. The second kappa shape index (κ2) is 7.09. The zero-order valence-electron chi connectivity index (χ0n) is 21.7. The number of hydrogen-bond acceptors (Lipinski definition) is 3. The average molecular weight is 459 g/mol. The minimum Gasteiger partial charge on any atom is -0.481 e. The van der Waals surface area contributed by atoms with Crippen molar-refractivity contribution in [2.24, 2.45) is 50.7 Å². The number of aliphatic hydroxyl groups is 2. The van der Waals surface area contributed by atoms with E-state index in [1.807, 2.05) is 0 Å². The minimum absolute atomic E-state index is 0.00424. The molecule has 186 valence electrons. The third-order valence-electron chi connectivity index (χ3n) is 12.7. The third-order valence-corrected chi connectivity index (χ3v) is 12.7. The molecule has 0 amide bonds. The van der Waals surface area contributed by atoms with Crippen molar-refractivity contribution in [3.8, 4) is 0 Å². The van der Waals surface area contributed by atoms with Crippen molar-refractivity contribution < 1.29 is 20.1 Å². The van der Waals surface area contributed by atoms with E-state index in [4.69, 9.17) is 0 Å². The number of hydrogen-bond donors (Lipinski definition) is 3. The van der Waals surface area contributed by atoms with Crippen LogP contribution in [-0.2, 0) is 4.79 Å². The fourth-order valence-corrected chi connectivity index (χ4v) is 10.9. The van der Waals surface area contributed by atoms with Gasteiger partial charge in [0, 0.05) is 0 Å². The van der Waals surface area contributed by atoms with Gasteiger partial charge < -0.3 is 15.3 Å². The molecular weight excluding hydrogens is 412 g/mol. The first-order valence-electron chi connectivity index (χ1n) is 13.6. The van der Waals surface area contributed by atoms with Crippen molar-refractivity contribution in [1.29, 1.82) is 0 Å². The quantitative estimate of drug-likeness (QED) is 0.433. The highest BCUT2D eigenvalue weighted by Gasteiger charge is 2.70. The Morgan fingerprint density at radius 2 is 1.67 bits per heavy atom. The summed E-state index contributed by atoms with van der Waals surface area (Å²) in [7, 11) is 0. The molecule has 0 heterocycles. The Morgan fingerprint density at radius 1 is 0.970 bits per heavy atom. The maximum Gasteiger partial charge on any atom is 0.310 e. The molecule has 5 aliphatic carbocycles. The van der Waals surface area contributed by atoms with E-state index < -0.39 is 23.6 Å². The molecule has 0 aliphatic heterocycles. The summed E-state index contributed by atoms with van der Waals surface area (Å²) in [6.45, 7) is 14.0. The van der Waals surface area contributed by atoms with Crippen LogP contribution in [-0.4, -0.2) is 33.5 Å². The van der Waals surface area contributed by atoms with Gasteiger partial charge in [0.2, 0.25) is 0 Å². The van der Waals surface area contributed by atoms with Crippen LogP contribution in [0.5, 0.6) is 0 Å². The number of rotatable bonds is 1. The Kier molecular flexibility index (Phi) is 5.13. The molecule has 4 heteroatoms. The van der Waals surface area contributed by atoms with Gasteiger partial charge in [0.1, 0.15) is 0 Å². The van der Waals surface area contributed by atoms with E-state index in [9.17, 15) is 20.1 Å². The van der Waals surface area contributed by atoms with Crippen molar-refractivity contribution in [3.05, 3.63) is 11.6 Å². The predicted molar refractivity (Wildman–Crippen MR) is 129 cm³/mol. The van der Waals surface area contributed by atoms with E-state index in [-0.39, 0.29) is 27.6 Å². The number of aliphatic carboxylic acids is 1. The van der Waals surface area contributed by atoms with Gasteiger partial charge in [-0.2, -0.15) is 0 Å². The lowest BCUT2D eigenvalue weighted by Crippen LogP contribution is -2.67. The Balaban J connectivity index is 1.61. The van der Waals surface area contributed by atoms with Gasteiger partial charge in [-0.1, -0.05) is 66.0 Å². The van der Waals surface area contributed by atoms with Crippen molar-refractivity contribution in [2.75, 3.05) is 0 Å². The van der Waals surface area contributed by atoms with Gasteiger partial charge in [-0.25, -0.2) is 0 Å². The normalized spacial score (nSPS) is 55.3. The van der Waals surface area contributed by atoms with E-state index >= 15 is 0 Å². The highest BCUT2D eigenvalue weighted by atomic mass is 16.4. The summed E-state index contributed by atoms with van der Waals surface area (Å²) in [4.78, 5) is 12.7. The standard InChI is InChI=1S/C29H46O4/c1-17-8-7-12-29(24(32)33)15-14-27(5)18(22(17)29)9-10-21-26(4)16-19(30)23(31)25(2,3)20(26)11-13-28(21,27)6/h9,17,19-23,30-31H,7-8,10-16H2,1-6H3,(H,32,33)/t17?,19-,20+,21?,22?,23?,26?,27?,28?,29?/m1/s1. The summed E-state index contributed by atoms with van der Waals surface area (Å²) in [5.41, 5.74) is 0.633. The maximum atomic E-state index is 12.7. The minimum atomic E-state index is -0.675. The molecule has 4 fully saturated rings. The van der Waals surface area contributed by atoms with Crippen LogP contribution in [0.15, 0.2) is 11.6 Å². The molecule has 4 saturated carbocycles. The molecule has 4 nitrogen and oxygen atoms in total. The summed E-state index contributed by atoms with van der Waals surface area (Å²) in [5, 5.41) is 32.3. The molecule has 3 N–H and O–H groups in total. The Bertz CT molecular complexity index is 877. The predicted octanol–water partition coefficient (Wildman–Crippen LogP) is 5.81. The number of fused-ring (bicyclic) bond motifs is 7. The molecule has 0 saturated heterocycles. The van der Waals surface area contributed by atoms with E-state index in [1.54, 1.807) is 0 Å². The molecule has 5 aliphatic rings. The molecule has 0 aromatic carbocycles. The average Bonchev–Trinajstić information content (AvgIpc) is 2.72. The van der Waals surface area contributed by atoms with Crippen molar-refractivity contribution >= 4 is 5.97 Å². The molecule has 0 aromatic rings. The Hall–Kier alpha value is -0.870. The number of carboxylic acids is 1. The number of aliphatic hydroxyl groups excluding tert-OH is 2. The van der Waals surface area contributed by atoms with Crippen LogP contribution in [0.2, 0.25) is 0 Å². The summed E-state index contributed by atoms with van der Waals surface area (Å²) in [6.07, 6.45) is 9.71. The highest BCUT2D eigenvalue weighted by molar-refractivity contribution is 5.76. The van der Waals surface area contributed by atoms with E-state index in [1.165, 1.54) is 5.57 Å². The molecule has 0 aromatic heterocycles. The van der Waals surface area contributed by atoms with Crippen LogP contribution in [0.4, 0.5) is 0 Å². The van der Waals surface area contributed by atoms with Gasteiger partial charge in [-0.15, -0.1) is 0 Å². The SMILES string of the molecule is CC1CCCC2(C(=O)O)CCC3(C)C(=CCC4C5(C)C[C@@H](O)C(O)C(C)(C)[C@@H]5CCC43C)C12. The van der Waals surface area contributed by atoms with Crippen LogP contribution < -0.4 is 0 Å². The lowest BCUT2D eigenvalue weighted by atomic mass is 9.33. The van der Waals surface area contributed by atoms with Crippen LogP contribution in [0.25, 0.3) is 0 Å². The van der Waals surface area contributed by atoms with Crippen LogP contribution in [0.1, 0.15) is 99.3 Å². The fourth-order valence-electron chi connectivity index (χ4n) is 10.9. The fraction of sp³-hybridized carbons (Fsp3) is 0.897. The van der Waals surface area contributed by atoms with Crippen molar-refractivity contribution in [1.82, 2.24) is 0 Å². The zero-order chi connectivity index (χ0) is 24.2. The second-order valence-electron chi connectivity index (χ2n) is 14.1. The van der Waals surface area contributed by atoms with Gasteiger partial charge in [0.05, 0.1) is 17.6 Å². The molecule has 33 heavy (non-hydrogen) atoms. The lowest BCUT2D eigenvalue weighted by molar-refractivity contribution is -0.232. The van der Waals surface area contributed by atoms with E-state index in [0.29, 0.717) is 24.2 Å². The molecule has 0 spiro atoms. The van der Waals surface area contributed by atoms with Gasteiger partial charge >= 0.3 is 5.97 Å². The summed E-state index contributed by atoms with van der Waals surface area (Å²) in [5.74, 6) is 0.820.